The molecule has 1 rings (SSSR count). The van der Waals surface area contributed by atoms with E-state index >= 15 is 0 Å². The number of rotatable bonds is 6. The maximum atomic E-state index is 13.0. The summed E-state index contributed by atoms with van der Waals surface area (Å²) in [6, 6.07) is 3.13. The van der Waals surface area contributed by atoms with Gasteiger partial charge in [-0.1, -0.05) is 26.7 Å². The van der Waals surface area contributed by atoms with Crippen LogP contribution in [0.15, 0.2) is 18.2 Å². The van der Waals surface area contributed by atoms with Crippen LogP contribution in [-0.2, 0) is 6.42 Å². The third kappa shape index (κ3) is 4.03. The summed E-state index contributed by atoms with van der Waals surface area (Å²) in [4.78, 5) is 0. The smallest absolute Gasteiger partial charge is 0.126 e. The molecule has 2 atom stereocenters. The molecular weight excluding hydrogens is 238 g/mol. The number of aliphatic hydroxyl groups excluding tert-OH is 2. The standard InChI is InChI=1S/C14H20F2O2/c1-3-10(4-2)14(18)13(17)7-9-5-11(15)8-12(16)6-9/h5-6,8,10,13-14,17-18H,3-4,7H2,1-2H3. The van der Waals surface area contributed by atoms with E-state index in [2.05, 4.69) is 0 Å². The molecule has 0 bridgehead atoms. The number of hydrogen-bond acceptors (Lipinski definition) is 2. The molecule has 0 saturated heterocycles. The van der Waals surface area contributed by atoms with Gasteiger partial charge in [-0.3, -0.25) is 0 Å². The molecule has 2 N–H and O–H groups in total. The van der Waals surface area contributed by atoms with Crippen LogP contribution in [0.4, 0.5) is 8.78 Å². The number of aliphatic hydroxyl groups is 2. The first-order valence-electron chi connectivity index (χ1n) is 6.29. The van der Waals surface area contributed by atoms with E-state index in [-0.39, 0.29) is 12.3 Å². The lowest BCUT2D eigenvalue weighted by molar-refractivity contribution is -0.0188. The Bertz CT molecular complexity index is 358. The molecule has 1 aromatic carbocycles. The topological polar surface area (TPSA) is 40.5 Å². The summed E-state index contributed by atoms with van der Waals surface area (Å²) in [7, 11) is 0. The van der Waals surface area contributed by atoms with Crippen molar-refractivity contribution in [3.63, 3.8) is 0 Å². The van der Waals surface area contributed by atoms with E-state index in [1.165, 1.54) is 12.1 Å². The van der Waals surface area contributed by atoms with Gasteiger partial charge < -0.3 is 10.2 Å². The Balaban J connectivity index is 2.71. The van der Waals surface area contributed by atoms with Crippen LogP contribution < -0.4 is 0 Å². The monoisotopic (exact) mass is 258 g/mol. The second-order valence-electron chi connectivity index (χ2n) is 4.62. The predicted molar refractivity (Wildman–Crippen MR) is 66.1 cm³/mol. The van der Waals surface area contributed by atoms with Crippen LogP contribution in [0.2, 0.25) is 0 Å². The lowest BCUT2D eigenvalue weighted by Gasteiger charge is -2.25. The highest BCUT2D eigenvalue weighted by Gasteiger charge is 2.24. The third-order valence-corrected chi connectivity index (χ3v) is 3.29. The zero-order chi connectivity index (χ0) is 13.7. The molecule has 0 aliphatic carbocycles. The SMILES string of the molecule is CCC(CC)C(O)C(O)Cc1cc(F)cc(F)c1. The first-order chi connectivity index (χ1) is 8.47. The molecule has 0 radical (unpaired) electrons. The van der Waals surface area contributed by atoms with Crippen LogP contribution in [0.3, 0.4) is 0 Å². The molecule has 0 fully saturated rings. The Hall–Kier alpha value is -1.00. The molecule has 102 valence electrons. The van der Waals surface area contributed by atoms with Gasteiger partial charge in [0.05, 0.1) is 12.2 Å². The maximum Gasteiger partial charge on any atom is 0.126 e. The van der Waals surface area contributed by atoms with Gasteiger partial charge in [0.1, 0.15) is 11.6 Å². The van der Waals surface area contributed by atoms with Crippen molar-refractivity contribution in [3.8, 4) is 0 Å². The van der Waals surface area contributed by atoms with Crippen molar-refractivity contribution < 1.29 is 19.0 Å². The van der Waals surface area contributed by atoms with Crippen LogP contribution in [-0.4, -0.2) is 22.4 Å². The number of hydrogen-bond donors (Lipinski definition) is 2. The van der Waals surface area contributed by atoms with Crippen molar-refractivity contribution in [1.29, 1.82) is 0 Å². The van der Waals surface area contributed by atoms with Gasteiger partial charge in [0.2, 0.25) is 0 Å². The normalized spacial score (nSPS) is 14.8. The molecule has 18 heavy (non-hydrogen) atoms. The Kier molecular flexibility index (Phi) is 5.69. The van der Waals surface area contributed by atoms with Gasteiger partial charge in [0, 0.05) is 12.5 Å². The molecular formula is C14H20F2O2. The Labute approximate surface area is 106 Å². The zero-order valence-corrected chi connectivity index (χ0v) is 10.7. The fourth-order valence-electron chi connectivity index (χ4n) is 2.18. The average molecular weight is 258 g/mol. The number of halogens is 2. The Morgan fingerprint density at radius 1 is 1.00 bits per heavy atom. The van der Waals surface area contributed by atoms with E-state index in [1.807, 2.05) is 13.8 Å². The molecule has 0 heterocycles. The molecule has 0 aliphatic heterocycles. The number of benzene rings is 1. The van der Waals surface area contributed by atoms with E-state index in [4.69, 9.17) is 0 Å². The Morgan fingerprint density at radius 2 is 1.50 bits per heavy atom. The summed E-state index contributed by atoms with van der Waals surface area (Å²) >= 11 is 0. The van der Waals surface area contributed by atoms with Crippen molar-refractivity contribution >= 4 is 0 Å². The summed E-state index contributed by atoms with van der Waals surface area (Å²) in [6.45, 7) is 3.87. The van der Waals surface area contributed by atoms with Crippen molar-refractivity contribution in [2.45, 2.75) is 45.3 Å². The largest absolute Gasteiger partial charge is 0.390 e. The average Bonchev–Trinajstić information content (AvgIpc) is 2.28. The third-order valence-electron chi connectivity index (χ3n) is 3.29. The fourth-order valence-corrected chi connectivity index (χ4v) is 2.18. The van der Waals surface area contributed by atoms with Gasteiger partial charge >= 0.3 is 0 Å². The molecule has 2 nitrogen and oxygen atoms in total. The van der Waals surface area contributed by atoms with Crippen molar-refractivity contribution in [2.75, 3.05) is 0 Å². The summed E-state index contributed by atoms with van der Waals surface area (Å²) in [5.41, 5.74) is 0.352. The van der Waals surface area contributed by atoms with E-state index in [0.717, 1.165) is 18.9 Å². The lowest BCUT2D eigenvalue weighted by atomic mass is 9.90. The lowest BCUT2D eigenvalue weighted by Crippen LogP contribution is -2.34. The molecule has 0 aromatic heterocycles. The molecule has 0 aliphatic rings. The summed E-state index contributed by atoms with van der Waals surface area (Å²) in [5, 5.41) is 19.8. The first kappa shape index (κ1) is 15.1. The van der Waals surface area contributed by atoms with Gasteiger partial charge in [-0.15, -0.1) is 0 Å². The molecule has 0 saturated carbocycles. The van der Waals surface area contributed by atoms with Gasteiger partial charge in [0.15, 0.2) is 0 Å². The minimum absolute atomic E-state index is 0.00148. The minimum atomic E-state index is -1.00. The predicted octanol–water partition coefficient (Wildman–Crippen LogP) is 2.67. The van der Waals surface area contributed by atoms with Gasteiger partial charge in [0.25, 0.3) is 0 Å². The highest BCUT2D eigenvalue weighted by molar-refractivity contribution is 5.18. The van der Waals surface area contributed by atoms with Crippen LogP contribution >= 0.6 is 0 Å². The summed E-state index contributed by atoms with van der Waals surface area (Å²) in [5.74, 6) is -1.35. The summed E-state index contributed by atoms with van der Waals surface area (Å²) < 4.78 is 26.0. The van der Waals surface area contributed by atoms with Crippen LogP contribution in [0.5, 0.6) is 0 Å². The zero-order valence-electron chi connectivity index (χ0n) is 10.7. The highest BCUT2D eigenvalue weighted by atomic mass is 19.1. The maximum absolute atomic E-state index is 13.0. The van der Waals surface area contributed by atoms with Gasteiger partial charge in [-0.05, 0) is 23.6 Å². The van der Waals surface area contributed by atoms with Crippen molar-refractivity contribution in [3.05, 3.63) is 35.4 Å². The summed E-state index contributed by atoms with van der Waals surface area (Å²) in [6.07, 6.45) is -0.312. The second-order valence-corrected chi connectivity index (χ2v) is 4.62. The van der Waals surface area contributed by atoms with E-state index in [9.17, 15) is 19.0 Å². The van der Waals surface area contributed by atoms with Gasteiger partial charge in [-0.25, -0.2) is 8.78 Å². The van der Waals surface area contributed by atoms with Gasteiger partial charge in [-0.2, -0.15) is 0 Å². The Morgan fingerprint density at radius 3 is 1.94 bits per heavy atom. The van der Waals surface area contributed by atoms with E-state index in [0.29, 0.717) is 5.56 Å². The van der Waals surface area contributed by atoms with Crippen molar-refractivity contribution in [1.82, 2.24) is 0 Å². The van der Waals surface area contributed by atoms with Crippen LogP contribution in [0.1, 0.15) is 32.3 Å². The van der Waals surface area contributed by atoms with E-state index in [1.54, 1.807) is 0 Å². The van der Waals surface area contributed by atoms with E-state index < -0.39 is 23.8 Å². The molecule has 4 heteroatoms. The second kappa shape index (κ2) is 6.81. The molecule has 0 amide bonds. The van der Waals surface area contributed by atoms with Crippen molar-refractivity contribution in [2.24, 2.45) is 5.92 Å². The first-order valence-corrected chi connectivity index (χ1v) is 6.29. The molecule has 2 unspecified atom stereocenters. The fraction of sp³-hybridized carbons (Fsp3) is 0.571. The van der Waals surface area contributed by atoms with Crippen LogP contribution in [0, 0.1) is 17.6 Å². The minimum Gasteiger partial charge on any atom is -0.390 e. The quantitative estimate of drug-likeness (QED) is 0.823. The molecule has 1 aromatic rings. The van der Waals surface area contributed by atoms with Crippen LogP contribution in [0.25, 0.3) is 0 Å². The highest BCUT2D eigenvalue weighted by Crippen LogP contribution is 2.19. The molecule has 0 spiro atoms.